The van der Waals surface area contributed by atoms with Gasteiger partial charge in [-0.25, -0.2) is 0 Å². The van der Waals surface area contributed by atoms with Crippen LogP contribution in [0.2, 0.25) is 0 Å². The molecule has 258 valence electrons. The zero-order valence-electron chi connectivity index (χ0n) is 29.9. The summed E-state index contributed by atoms with van der Waals surface area (Å²) < 4.78 is 8.91. The van der Waals surface area contributed by atoms with E-state index in [2.05, 4.69) is 216 Å². The molecule has 0 spiro atoms. The van der Waals surface area contributed by atoms with Crippen molar-refractivity contribution in [1.29, 1.82) is 0 Å². The summed E-state index contributed by atoms with van der Waals surface area (Å²) in [6, 6.07) is 73.9. The Bertz CT molecular complexity index is 3140. The van der Waals surface area contributed by atoms with Crippen molar-refractivity contribution in [2.75, 3.05) is 4.90 Å². The van der Waals surface area contributed by atoms with E-state index < -0.39 is 0 Å². The van der Waals surface area contributed by atoms with Crippen LogP contribution in [0.1, 0.15) is 0 Å². The molecule has 0 aliphatic heterocycles. The largest absolute Gasteiger partial charge is 0.456 e. The molecule has 11 rings (SSSR count). The number of hydrogen-bond acceptors (Lipinski definition) is 2. The van der Waals surface area contributed by atoms with Crippen LogP contribution in [0.4, 0.5) is 17.1 Å². The third-order valence-electron chi connectivity index (χ3n) is 11.0. The number of nitrogens with zero attached hydrogens (tertiary/aromatic N) is 2. The van der Waals surface area contributed by atoms with Crippen LogP contribution in [-0.4, -0.2) is 4.57 Å². The molecular weight excluding hydrogens is 669 g/mol. The first-order chi connectivity index (χ1) is 27.3. The summed E-state index contributed by atoms with van der Waals surface area (Å²) in [5.41, 5.74) is 13.2. The second-order valence-corrected chi connectivity index (χ2v) is 14.1. The molecule has 2 heterocycles. The summed E-state index contributed by atoms with van der Waals surface area (Å²) in [5.74, 6) is 0. The molecule has 55 heavy (non-hydrogen) atoms. The minimum atomic E-state index is 0.881. The molecule has 0 saturated carbocycles. The number of rotatable bonds is 6. The summed E-state index contributed by atoms with van der Waals surface area (Å²) >= 11 is 0. The Hall–Kier alpha value is -7.36. The molecule has 0 aliphatic carbocycles. The van der Waals surface area contributed by atoms with E-state index in [-0.39, 0.29) is 0 Å². The molecule has 0 atom stereocenters. The quantitative estimate of drug-likeness (QED) is 0.172. The second-order valence-electron chi connectivity index (χ2n) is 14.1. The number of fused-ring (bicyclic) bond motifs is 7. The minimum absolute atomic E-state index is 0.881. The lowest BCUT2D eigenvalue weighted by molar-refractivity contribution is 0.669. The van der Waals surface area contributed by atoms with Gasteiger partial charge in [0.05, 0.1) is 16.7 Å². The highest BCUT2D eigenvalue weighted by Crippen LogP contribution is 2.46. The summed E-state index contributed by atoms with van der Waals surface area (Å²) in [7, 11) is 0. The predicted octanol–water partition coefficient (Wildman–Crippen LogP) is 14.6. The highest BCUT2D eigenvalue weighted by atomic mass is 16.3. The lowest BCUT2D eigenvalue weighted by atomic mass is 9.96. The van der Waals surface area contributed by atoms with Gasteiger partial charge in [-0.3, -0.25) is 0 Å². The van der Waals surface area contributed by atoms with Crippen LogP contribution < -0.4 is 4.90 Å². The van der Waals surface area contributed by atoms with E-state index in [1.807, 2.05) is 0 Å². The molecule has 0 bridgehead atoms. The fourth-order valence-corrected chi connectivity index (χ4v) is 8.44. The van der Waals surface area contributed by atoms with E-state index in [1.54, 1.807) is 0 Å². The molecule has 3 nitrogen and oxygen atoms in total. The SMILES string of the molecule is c1ccc(-c2ccc(N(c3ccc(-n4c5ccccc5c5ccccc54)cc3)c3ccccc3-c3cccc4oc5cc6ccccc6cc5c34)cc2)cc1. The second kappa shape index (κ2) is 12.6. The molecule has 0 unspecified atom stereocenters. The minimum Gasteiger partial charge on any atom is -0.456 e. The number of aromatic nitrogens is 1. The zero-order chi connectivity index (χ0) is 36.3. The first-order valence-electron chi connectivity index (χ1n) is 18.8. The van der Waals surface area contributed by atoms with Crippen LogP contribution in [-0.2, 0) is 0 Å². The average Bonchev–Trinajstić information content (AvgIpc) is 3.79. The Morgan fingerprint density at radius 2 is 0.945 bits per heavy atom. The van der Waals surface area contributed by atoms with Crippen molar-refractivity contribution in [1.82, 2.24) is 4.57 Å². The Balaban J connectivity index is 1.10. The number of anilines is 3. The molecule has 0 saturated heterocycles. The molecule has 0 fully saturated rings. The van der Waals surface area contributed by atoms with Crippen molar-refractivity contribution in [2.45, 2.75) is 0 Å². The summed E-state index contributed by atoms with van der Waals surface area (Å²) in [5, 5.41) is 7.12. The van der Waals surface area contributed by atoms with Crippen molar-refractivity contribution in [3.8, 4) is 27.9 Å². The van der Waals surface area contributed by atoms with Crippen molar-refractivity contribution < 1.29 is 4.42 Å². The molecular formula is C52H34N2O. The van der Waals surface area contributed by atoms with Crippen LogP contribution in [0.5, 0.6) is 0 Å². The van der Waals surface area contributed by atoms with Crippen LogP contribution in [0.3, 0.4) is 0 Å². The summed E-state index contributed by atoms with van der Waals surface area (Å²) in [4.78, 5) is 2.39. The lowest BCUT2D eigenvalue weighted by Crippen LogP contribution is -2.11. The number of para-hydroxylation sites is 3. The van der Waals surface area contributed by atoms with Gasteiger partial charge in [0.15, 0.2) is 0 Å². The van der Waals surface area contributed by atoms with Gasteiger partial charge in [0.25, 0.3) is 0 Å². The average molecular weight is 703 g/mol. The molecule has 0 amide bonds. The Kier molecular flexibility index (Phi) is 7.17. The molecule has 0 N–H and O–H groups in total. The highest BCUT2D eigenvalue weighted by molar-refractivity contribution is 6.16. The van der Waals surface area contributed by atoms with Crippen molar-refractivity contribution in [2.24, 2.45) is 0 Å². The third-order valence-corrected chi connectivity index (χ3v) is 11.0. The van der Waals surface area contributed by atoms with E-state index in [0.717, 1.165) is 55.8 Å². The smallest absolute Gasteiger partial charge is 0.136 e. The molecule has 3 heteroatoms. The molecule has 9 aromatic carbocycles. The Labute approximate surface area is 318 Å². The van der Waals surface area contributed by atoms with E-state index >= 15 is 0 Å². The van der Waals surface area contributed by atoms with Gasteiger partial charge in [0, 0.05) is 44.2 Å². The maximum Gasteiger partial charge on any atom is 0.136 e. The van der Waals surface area contributed by atoms with Crippen LogP contribution in [0, 0.1) is 0 Å². The number of hydrogen-bond donors (Lipinski definition) is 0. The molecule has 0 radical (unpaired) electrons. The normalized spacial score (nSPS) is 11.6. The predicted molar refractivity (Wildman–Crippen MR) is 231 cm³/mol. The van der Waals surface area contributed by atoms with E-state index in [1.165, 1.54) is 43.7 Å². The van der Waals surface area contributed by atoms with Crippen LogP contribution in [0.25, 0.3) is 82.5 Å². The Morgan fingerprint density at radius 1 is 0.382 bits per heavy atom. The monoisotopic (exact) mass is 702 g/mol. The number of furan rings is 1. The summed E-state index contributed by atoms with van der Waals surface area (Å²) in [6.45, 7) is 0. The standard InChI is InChI=1S/C52H34N2O/c1-2-13-35(14-3-1)36-25-27-39(28-26-36)53(40-29-31-41(32-30-40)54-48-22-10-6-17-42(48)43-18-7-11-23-49(43)54)47-21-9-8-19-44(47)45-20-12-24-50-52(45)46-33-37-15-4-5-16-38(37)34-51(46)55-50/h1-34H. The van der Waals surface area contributed by atoms with Gasteiger partial charge in [-0.2, -0.15) is 0 Å². The zero-order valence-corrected chi connectivity index (χ0v) is 29.9. The van der Waals surface area contributed by atoms with E-state index in [9.17, 15) is 0 Å². The van der Waals surface area contributed by atoms with Crippen LogP contribution >= 0.6 is 0 Å². The van der Waals surface area contributed by atoms with Gasteiger partial charge in [-0.05, 0) is 100 Å². The maximum absolute atomic E-state index is 6.54. The molecule has 2 aromatic heterocycles. The summed E-state index contributed by atoms with van der Waals surface area (Å²) in [6.07, 6.45) is 0. The van der Waals surface area contributed by atoms with E-state index in [4.69, 9.17) is 4.42 Å². The van der Waals surface area contributed by atoms with Crippen LogP contribution in [0.15, 0.2) is 211 Å². The third kappa shape index (κ3) is 5.13. The van der Waals surface area contributed by atoms with Gasteiger partial charge in [0.2, 0.25) is 0 Å². The molecule has 0 aliphatic rings. The van der Waals surface area contributed by atoms with Crippen molar-refractivity contribution in [3.63, 3.8) is 0 Å². The number of benzene rings is 9. The first kappa shape index (κ1) is 31.2. The first-order valence-corrected chi connectivity index (χ1v) is 18.8. The topological polar surface area (TPSA) is 21.3 Å². The maximum atomic E-state index is 6.54. The molecule has 11 aromatic rings. The van der Waals surface area contributed by atoms with Gasteiger partial charge in [-0.15, -0.1) is 0 Å². The van der Waals surface area contributed by atoms with Gasteiger partial charge in [-0.1, -0.05) is 133 Å². The fraction of sp³-hybridized carbons (Fsp3) is 0. The fourth-order valence-electron chi connectivity index (χ4n) is 8.44. The van der Waals surface area contributed by atoms with Gasteiger partial charge >= 0.3 is 0 Å². The van der Waals surface area contributed by atoms with Crippen molar-refractivity contribution >= 4 is 71.6 Å². The van der Waals surface area contributed by atoms with Gasteiger partial charge in [0.1, 0.15) is 11.2 Å². The van der Waals surface area contributed by atoms with E-state index in [0.29, 0.717) is 0 Å². The lowest BCUT2D eigenvalue weighted by Gasteiger charge is -2.28. The highest BCUT2D eigenvalue weighted by Gasteiger charge is 2.21. The van der Waals surface area contributed by atoms with Crippen molar-refractivity contribution in [3.05, 3.63) is 206 Å². The van der Waals surface area contributed by atoms with Gasteiger partial charge < -0.3 is 13.9 Å². The Morgan fingerprint density at radius 3 is 1.67 bits per heavy atom.